The molecule has 0 saturated carbocycles. The van der Waals surface area contributed by atoms with Crippen molar-refractivity contribution < 1.29 is 19.0 Å². The molecule has 2 heterocycles. The van der Waals surface area contributed by atoms with E-state index in [1.54, 1.807) is 18.2 Å². The van der Waals surface area contributed by atoms with Crippen LogP contribution in [0.5, 0.6) is 5.75 Å². The van der Waals surface area contributed by atoms with Crippen molar-refractivity contribution in [2.24, 2.45) is 0 Å². The van der Waals surface area contributed by atoms with E-state index in [1.807, 2.05) is 52.8 Å². The smallest absolute Gasteiger partial charge is 0.413 e. The van der Waals surface area contributed by atoms with Crippen LogP contribution in [-0.2, 0) is 0 Å². The van der Waals surface area contributed by atoms with Crippen LogP contribution < -0.4 is 15.0 Å². The Bertz CT molecular complexity index is 1660. The highest BCUT2D eigenvalue weighted by Crippen LogP contribution is 2.38. The summed E-state index contributed by atoms with van der Waals surface area (Å²) in [4.78, 5) is 25.8. The van der Waals surface area contributed by atoms with Crippen molar-refractivity contribution in [2.75, 3.05) is 36.5 Å². The first-order valence-electron chi connectivity index (χ1n) is 16.0. The van der Waals surface area contributed by atoms with E-state index in [4.69, 9.17) is 4.74 Å². The summed E-state index contributed by atoms with van der Waals surface area (Å²) in [5.74, 6) is 0.0440. The van der Waals surface area contributed by atoms with E-state index in [0.717, 1.165) is 65.0 Å². The molecule has 1 atom stereocenters. The van der Waals surface area contributed by atoms with E-state index in [2.05, 4.69) is 32.3 Å². The number of benzene rings is 3. The third kappa shape index (κ3) is 7.83. The molecule has 4 aromatic rings. The molecule has 2 N–H and O–H groups in total. The van der Waals surface area contributed by atoms with Gasteiger partial charge in [0, 0.05) is 24.5 Å². The summed E-state index contributed by atoms with van der Waals surface area (Å²) >= 11 is 0. The van der Waals surface area contributed by atoms with Crippen LogP contribution in [0.25, 0.3) is 0 Å². The largest absolute Gasteiger partial charge is 0.490 e. The fourth-order valence-corrected chi connectivity index (χ4v) is 6.46. The number of aryl methyl sites for hydroxylation is 5. The fraction of sp³-hybridized carbons (Fsp3) is 0.378. The van der Waals surface area contributed by atoms with Gasteiger partial charge in [0.05, 0.1) is 12.6 Å². The molecule has 5 rings (SSSR count). The monoisotopic (exact) mass is 625 g/mol. The molecule has 0 aliphatic carbocycles. The molecule has 1 aliphatic rings. The van der Waals surface area contributed by atoms with Gasteiger partial charge in [0.2, 0.25) is 5.95 Å². The molecular weight excluding hydrogens is 581 g/mol. The van der Waals surface area contributed by atoms with Gasteiger partial charge < -0.3 is 20.1 Å². The van der Waals surface area contributed by atoms with Crippen molar-refractivity contribution in [1.82, 2.24) is 14.9 Å². The number of amides is 1. The Morgan fingerprint density at radius 1 is 0.957 bits per heavy atom. The second-order valence-corrected chi connectivity index (χ2v) is 12.3. The quantitative estimate of drug-likeness (QED) is 0.162. The zero-order valence-corrected chi connectivity index (χ0v) is 27.4. The normalized spacial score (nSPS) is 14.1. The van der Waals surface area contributed by atoms with Gasteiger partial charge in [0.1, 0.15) is 5.82 Å². The zero-order valence-electron chi connectivity index (χ0n) is 27.4. The second kappa shape index (κ2) is 14.7. The SMILES string of the molecule is Cc1cc(C)c(C(c2cc(C)ccc2C)N(C(=O)O)c2ccnc(Nc3ccc(OCCCN4CCCCC4)c(F)c3)n2)c(C)c1. The number of nitrogens with zero attached hydrogens (tertiary/aromatic N) is 4. The Hall–Kier alpha value is -4.50. The summed E-state index contributed by atoms with van der Waals surface area (Å²) in [6.07, 6.45) is 4.97. The molecule has 1 amide bonds. The Morgan fingerprint density at radius 2 is 1.70 bits per heavy atom. The first kappa shape index (κ1) is 32.9. The average Bonchev–Trinajstić information content (AvgIpc) is 3.01. The van der Waals surface area contributed by atoms with Crippen LogP contribution in [-0.4, -0.2) is 52.3 Å². The maximum absolute atomic E-state index is 15.0. The lowest BCUT2D eigenvalue weighted by Crippen LogP contribution is -2.36. The van der Waals surface area contributed by atoms with Crippen LogP contribution in [0.2, 0.25) is 0 Å². The minimum absolute atomic E-state index is 0.149. The lowest BCUT2D eigenvalue weighted by atomic mass is 9.86. The molecular formula is C37H44FN5O3. The van der Waals surface area contributed by atoms with Crippen molar-refractivity contribution in [3.63, 3.8) is 0 Å². The number of ether oxygens (including phenoxy) is 1. The van der Waals surface area contributed by atoms with Gasteiger partial charge in [-0.1, -0.05) is 47.9 Å². The zero-order chi connectivity index (χ0) is 32.8. The highest BCUT2D eigenvalue weighted by atomic mass is 19.1. The van der Waals surface area contributed by atoms with Gasteiger partial charge in [-0.05, 0) is 113 Å². The van der Waals surface area contributed by atoms with E-state index in [1.165, 1.54) is 36.4 Å². The lowest BCUT2D eigenvalue weighted by Gasteiger charge is -2.33. The molecule has 8 nitrogen and oxygen atoms in total. The molecule has 0 radical (unpaired) electrons. The number of anilines is 3. The van der Waals surface area contributed by atoms with Crippen LogP contribution in [0, 0.1) is 40.4 Å². The fourth-order valence-electron chi connectivity index (χ4n) is 6.46. The molecule has 1 unspecified atom stereocenters. The minimum Gasteiger partial charge on any atom is -0.490 e. The summed E-state index contributed by atoms with van der Waals surface area (Å²) in [7, 11) is 0. The molecule has 1 aromatic heterocycles. The number of hydrogen-bond donors (Lipinski definition) is 2. The summed E-state index contributed by atoms with van der Waals surface area (Å²) in [5.41, 5.74) is 7.29. The topological polar surface area (TPSA) is 90.8 Å². The Balaban J connectivity index is 1.39. The molecule has 242 valence electrons. The van der Waals surface area contributed by atoms with Crippen LogP contribution >= 0.6 is 0 Å². The minimum atomic E-state index is -1.15. The number of rotatable bonds is 11. The van der Waals surface area contributed by atoms with Crippen molar-refractivity contribution in [3.8, 4) is 5.75 Å². The van der Waals surface area contributed by atoms with Crippen molar-refractivity contribution in [2.45, 2.75) is 66.3 Å². The number of halogens is 1. The second-order valence-electron chi connectivity index (χ2n) is 12.3. The molecule has 0 spiro atoms. The number of piperidine rings is 1. The highest BCUT2D eigenvalue weighted by Gasteiger charge is 2.33. The first-order chi connectivity index (χ1) is 22.1. The summed E-state index contributed by atoms with van der Waals surface area (Å²) in [6, 6.07) is 15.8. The first-order valence-corrected chi connectivity index (χ1v) is 16.0. The Labute approximate surface area is 271 Å². The lowest BCUT2D eigenvalue weighted by molar-refractivity contribution is 0.200. The molecule has 3 aromatic carbocycles. The Morgan fingerprint density at radius 3 is 2.39 bits per heavy atom. The Kier molecular flexibility index (Phi) is 10.5. The summed E-state index contributed by atoms with van der Waals surface area (Å²) < 4.78 is 20.7. The molecule has 1 aliphatic heterocycles. The number of hydrogen-bond acceptors (Lipinski definition) is 6. The third-order valence-corrected chi connectivity index (χ3v) is 8.61. The number of carbonyl (C=O) groups is 1. The number of aromatic nitrogens is 2. The van der Waals surface area contributed by atoms with E-state index in [9.17, 15) is 9.90 Å². The van der Waals surface area contributed by atoms with Crippen molar-refractivity contribution in [1.29, 1.82) is 0 Å². The van der Waals surface area contributed by atoms with Crippen LogP contribution in [0.15, 0.2) is 60.8 Å². The highest BCUT2D eigenvalue weighted by molar-refractivity contribution is 5.87. The van der Waals surface area contributed by atoms with Gasteiger partial charge in [0.15, 0.2) is 11.6 Å². The average molecular weight is 626 g/mol. The molecule has 1 fully saturated rings. The molecule has 0 bridgehead atoms. The van der Waals surface area contributed by atoms with Gasteiger partial charge in [-0.25, -0.2) is 19.1 Å². The number of nitrogens with one attached hydrogen (secondary N) is 1. The standard InChI is InChI=1S/C37H44FN5O3/c1-24-10-11-26(3)30(22-24)35(34-27(4)20-25(2)21-28(34)5)43(37(44)45)33-14-15-39-36(41-33)40-29-12-13-32(31(38)23-29)46-19-9-18-42-16-7-6-8-17-42/h10-15,20-23,35H,6-9,16-19H2,1-5H3,(H,44,45)(H,39,40,41). The van der Waals surface area contributed by atoms with E-state index < -0.39 is 18.0 Å². The predicted molar refractivity (Wildman–Crippen MR) is 181 cm³/mol. The van der Waals surface area contributed by atoms with E-state index >= 15 is 4.39 Å². The summed E-state index contributed by atoms with van der Waals surface area (Å²) in [5, 5.41) is 13.7. The summed E-state index contributed by atoms with van der Waals surface area (Å²) in [6.45, 7) is 13.7. The van der Waals surface area contributed by atoms with Crippen LogP contribution in [0.1, 0.15) is 70.7 Å². The van der Waals surface area contributed by atoms with Crippen molar-refractivity contribution >= 4 is 23.5 Å². The van der Waals surface area contributed by atoms with E-state index in [-0.39, 0.29) is 17.5 Å². The van der Waals surface area contributed by atoms with Crippen LogP contribution in [0.4, 0.5) is 26.6 Å². The maximum Gasteiger partial charge on any atom is 0.413 e. The van der Waals surface area contributed by atoms with Crippen LogP contribution in [0.3, 0.4) is 0 Å². The van der Waals surface area contributed by atoms with Gasteiger partial charge in [-0.3, -0.25) is 0 Å². The van der Waals surface area contributed by atoms with Gasteiger partial charge in [0.25, 0.3) is 0 Å². The third-order valence-electron chi connectivity index (χ3n) is 8.61. The molecule has 1 saturated heterocycles. The number of carboxylic acid groups (broad SMARTS) is 1. The van der Waals surface area contributed by atoms with Crippen molar-refractivity contribution in [3.05, 3.63) is 106 Å². The predicted octanol–water partition coefficient (Wildman–Crippen LogP) is 8.43. The molecule has 9 heteroatoms. The van der Waals surface area contributed by atoms with E-state index in [0.29, 0.717) is 12.3 Å². The van der Waals surface area contributed by atoms with Gasteiger partial charge in [-0.2, -0.15) is 4.98 Å². The van der Waals surface area contributed by atoms with Gasteiger partial charge >= 0.3 is 6.09 Å². The molecule has 46 heavy (non-hydrogen) atoms. The number of likely N-dealkylation sites (tertiary alicyclic amines) is 1. The maximum atomic E-state index is 15.0. The van der Waals surface area contributed by atoms with Gasteiger partial charge in [-0.15, -0.1) is 0 Å².